The first kappa shape index (κ1) is 18.0. The minimum absolute atomic E-state index is 0.316. The van der Waals surface area contributed by atoms with Crippen molar-refractivity contribution in [2.24, 2.45) is 0 Å². The molecular formula is C17H21ClN4O2S. The van der Waals surface area contributed by atoms with Gasteiger partial charge in [0.2, 0.25) is 0 Å². The molecule has 3 N–H and O–H groups in total. The van der Waals surface area contributed by atoms with Crippen LogP contribution in [0.5, 0.6) is 5.75 Å². The molecule has 134 valence electrons. The number of thiazole rings is 1. The standard InChI is InChI=1S/C17H21ClN4O2S/c1-24-15-8-14(19)13(18)7-12(15)16(23)21-17-20-11(10-25-17)9-22-5-3-2-4-6-22/h7-8,10H,2-6,9,19H2,1H3,(H,20,21,23). The molecule has 0 saturated carbocycles. The van der Waals surface area contributed by atoms with Crippen molar-refractivity contribution >= 4 is 39.7 Å². The van der Waals surface area contributed by atoms with Gasteiger partial charge >= 0.3 is 0 Å². The number of aromatic nitrogens is 1. The van der Waals surface area contributed by atoms with Crippen molar-refractivity contribution in [1.82, 2.24) is 9.88 Å². The van der Waals surface area contributed by atoms with Gasteiger partial charge in [0, 0.05) is 18.0 Å². The summed E-state index contributed by atoms with van der Waals surface area (Å²) in [5, 5.41) is 5.67. The van der Waals surface area contributed by atoms with Crippen LogP contribution in [-0.4, -0.2) is 36.0 Å². The van der Waals surface area contributed by atoms with Gasteiger partial charge in [-0.2, -0.15) is 0 Å². The van der Waals surface area contributed by atoms with Gasteiger partial charge in [0.1, 0.15) is 5.75 Å². The molecule has 2 heterocycles. The number of piperidine rings is 1. The fourth-order valence-corrected chi connectivity index (χ4v) is 3.72. The fourth-order valence-electron chi connectivity index (χ4n) is 2.86. The highest BCUT2D eigenvalue weighted by molar-refractivity contribution is 7.14. The SMILES string of the molecule is COc1cc(N)c(Cl)cc1C(=O)Nc1nc(CN2CCCCC2)cs1. The van der Waals surface area contributed by atoms with Gasteiger partial charge in [-0.3, -0.25) is 15.0 Å². The second kappa shape index (κ2) is 8.03. The molecule has 0 atom stereocenters. The summed E-state index contributed by atoms with van der Waals surface area (Å²) in [5.74, 6) is 0.0575. The van der Waals surface area contributed by atoms with Gasteiger partial charge in [0.05, 0.1) is 29.1 Å². The van der Waals surface area contributed by atoms with E-state index in [0.29, 0.717) is 27.2 Å². The number of nitrogens with two attached hydrogens (primary N) is 1. The van der Waals surface area contributed by atoms with Crippen molar-refractivity contribution < 1.29 is 9.53 Å². The number of ether oxygens (including phenoxy) is 1. The minimum Gasteiger partial charge on any atom is -0.496 e. The molecular weight excluding hydrogens is 360 g/mol. The van der Waals surface area contributed by atoms with Gasteiger partial charge in [-0.1, -0.05) is 18.0 Å². The van der Waals surface area contributed by atoms with Gasteiger partial charge in [-0.15, -0.1) is 11.3 Å². The number of nitrogens with zero attached hydrogens (tertiary/aromatic N) is 2. The third-order valence-electron chi connectivity index (χ3n) is 4.17. The summed E-state index contributed by atoms with van der Waals surface area (Å²) < 4.78 is 5.22. The Morgan fingerprint density at radius 3 is 2.88 bits per heavy atom. The molecule has 0 radical (unpaired) electrons. The van der Waals surface area contributed by atoms with Gasteiger partial charge in [0.25, 0.3) is 5.91 Å². The van der Waals surface area contributed by atoms with Crippen LogP contribution in [0.2, 0.25) is 5.02 Å². The molecule has 1 amide bonds. The molecule has 25 heavy (non-hydrogen) atoms. The molecule has 1 fully saturated rings. The number of anilines is 2. The van der Waals surface area contributed by atoms with Crippen LogP contribution in [0.4, 0.5) is 10.8 Å². The number of hydrogen-bond acceptors (Lipinski definition) is 6. The number of nitrogen functional groups attached to an aromatic ring is 1. The van der Waals surface area contributed by atoms with E-state index in [4.69, 9.17) is 22.1 Å². The van der Waals surface area contributed by atoms with Crippen LogP contribution in [0.3, 0.4) is 0 Å². The van der Waals surface area contributed by atoms with E-state index in [-0.39, 0.29) is 5.91 Å². The van der Waals surface area contributed by atoms with Crippen LogP contribution in [0.1, 0.15) is 35.3 Å². The van der Waals surface area contributed by atoms with Crippen LogP contribution < -0.4 is 15.8 Å². The average molecular weight is 381 g/mol. The Hall–Kier alpha value is -1.83. The molecule has 1 aliphatic rings. The Labute approximate surface area is 155 Å². The lowest BCUT2D eigenvalue weighted by Gasteiger charge is -2.25. The van der Waals surface area contributed by atoms with Crippen molar-refractivity contribution in [2.75, 3.05) is 31.2 Å². The second-order valence-electron chi connectivity index (χ2n) is 6.01. The summed E-state index contributed by atoms with van der Waals surface area (Å²) >= 11 is 7.44. The molecule has 8 heteroatoms. The molecule has 3 rings (SSSR count). The van der Waals surface area contributed by atoms with Crippen LogP contribution in [0.15, 0.2) is 17.5 Å². The predicted molar refractivity (Wildman–Crippen MR) is 102 cm³/mol. The molecule has 1 aromatic carbocycles. The van der Waals surface area contributed by atoms with Crippen LogP contribution in [-0.2, 0) is 6.54 Å². The summed E-state index contributed by atoms with van der Waals surface area (Å²) in [5.41, 5.74) is 7.42. The van der Waals surface area contributed by atoms with E-state index < -0.39 is 0 Å². The fraction of sp³-hybridized carbons (Fsp3) is 0.412. The van der Waals surface area contributed by atoms with E-state index in [9.17, 15) is 4.79 Å². The number of rotatable bonds is 5. The third kappa shape index (κ3) is 4.42. The Balaban J connectivity index is 1.68. The third-order valence-corrected chi connectivity index (χ3v) is 5.30. The summed E-state index contributed by atoms with van der Waals surface area (Å²) in [4.78, 5) is 19.4. The van der Waals surface area contributed by atoms with E-state index in [1.807, 2.05) is 5.38 Å². The molecule has 0 spiro atoms. The van der Waals surface area contributed by atoms with Crippen molar-refractivity contribution in [1.29, 1.82) is 0 Å². The number of nitrogens with one attached hydrogen (secondary N) is 1. The maximum atomic E-state index is 12.5. The van der Waals surface area contributed by atoms with Crippen molar-refractivity contribution in [3.63, 3.8) is 0 Å². The smallest absolute Gasteiger partial charge is 0.261 e. The number of methoxy groups -OCH3 is 1. The van der Waals surface area contributed by atoms with E-state index in [1.165, 1.54) is 43.8 Å². The minimum atomic E-state index is -0.322. The second-order valence-corrected chi connectivity index (χ2v) is 7.27. The highest BCUT2D eigenvalue weighted by Crippen LogP contribution is 2.30. The molecule has 1 saturated heterocycles. The number of carbonyl (C=O) groups excluding carboxylic acids is 1. The lowest BCUT2D eigenvalue weighted by molar-refractivity contribution is 0.102. The summed E-state index contributed by atoms with van der Waals surface area (Å²) in [7, 11) is 1.49. The van der Waals surface area contributed by atoms with Crippen LogP contribution in [0.25, 0.3) is 0 Å². The molecule has 1 aliphatic heterocycles. The zero-order valence-corrected chi connectivity index (χ0v) is 15.6. The number of benzene rings is 1. The molecule has 0 unspecified atom stereocenters. The van der Waals surface area contributed by atoms with Gasteiger partial charge in [-0.25, -0.2) is 4.98 Å². The van der Waals surface area contributed by atoms with Crippen molar-refractivity contribution in [3.05, 3.63) is 33.8 Å². The first-order valence-corrected chi connectivity index (χ1v) is 9.43. The van der Waals surface area contributed by atoms with E-state index >= 15 is 0 Å². The van der Waals surface area contributed by atoms with Gasteiger partial charge in [0.15, 0.2) is 5.13 Å². The monoisotopic (exact) mass is 380 g/mol. The number of carbonyl (C=O) groups is 1. The van der Waals surface area contributed by atoms with E-state index in [1.54, 1.807) is 6.07 Å². The highest BCUT2D eigenvalue weighted by Gasteiger charge is 2.17. The first-order chi connectivity index (χ1) is 12.1. The van der Waals surface area contributed by atoms with Crippen molar-refractivity contribution in [3.8, 4) is 5.75 Å². The molecule has 2 aromatic rings. The average Bonchev–Trinajstić information content (AvgIpc) is 3.04. The maximum Gasteiger partial charge on any atom is 0.261 e. The normalized spacial score (nSPS) is 15.1. The number of hydrogen-bond donors (Lipinski definition) is 2. The topological polar surface area (TPSA) is 80.5 Å². The molecule has 0 aliphatic carbocycles. The Bertz CT molecular complexity index is 759. The predicted octanol–water partition coefficient (Wildman–Crippen LogP) is 3.63. The van der Waals surface area contributed by atoms with E-state index in [0.717, 1.165) is 25.3 Å². The summed E-state index contributed by atoms with van der Waals surface area (Å²) in [6.07, 6.45) is 3.79. The lowest BCUT2D eigenvalue weighted by Crippen LogP contribution is -2.29. The summed E-state index contributed by atoms with van der Waals surface area (Å²) in [6.45, 7) is 3.05. The zero-order valence-electron chi connectivity index (χ0n) is 14.0. The van der Waals surface area contributed by atoms with E-state index in [2.05, 4.69) is 15.2 Å². The Morgan fingerprint density at radius 1 is 1.40 bits per heavy atom. The van der Waals surface area contributed by atoms with Crippen molar-refractivity contribution in [2.45, 2.75) is 25.8 Å². The zero-order chi connectivity index (χ0) is 17.8. The lowest BCUT2D eigenvalue weighted by atomic mass is 10.1. The summed E-state index contributed by atoms with van der Waals surface area (Å²) in [6, 6.07) is 3.05. The highest BCUT2D eigenvalue weighted by atomic mass is 35.5. The number of likely N-dealkylation sites (tertiary alicyclic amines) is 1. The van der Waals surface area contributed by atoms with Gasteiger partial charge < -0.3 is 10.5 Å². The van der Waals surface area contributed by atoms with Crippen LogP contribution in [0, 0.1) is 0 Å². The van der Waals surface area contributed by atoms with Crippen LogP contribution >= 0.6 is 22.9 Å². The number of halogens is 1. The Morgan fingerprint density at radius 2 is 2.16 bits per heavy atom. The number of amides is 1. The molecule has 0 bridgehead atoms. The maximum absolute atomic E-state index is 12.5. The molecule has 6 nitrogen and oxygen atoms in total. The largest absolute Gasteiger partial charge is 0.496 e. The quantitative estimate of drug-likeness (QED) is 0.774. The first-order valence-electron chi connectivity index (χ1n) is 8.18. The molecule has 1 aromatic heterocycles. The Kier molecular flexibility index (Phi) is 5.78. The van der Waals surface area contributed by atoms with Gasteiger partial charge in [-0.05, 0) is 32.0 Å².